The van der Waals surface area contributed by atoms with Crippen molar-refractivity contribution in [2.75, 3.05) is 12.4 Å². The summed E-state index contributed by atoms with van der Waals surface area (Å²) >= 11 is 11.3. The van der Waals surface area contributed by atoms with Crippen LogP contribution in [-0.4, -0.2) is 27.8 Å². The number of aromatic amines is 1. The van der Waals surface area contributed by atoms with E-state index in [1.807, 2.05) is 35.8 Å². The van der Waals surface area contributed by atoms with Gasteiger partial charge in [-0.15, -0.1) is 0 Å². The highest BCUT2D eigenvalue weighted by molar-refractivity contribution is 7.71. The second kappa shape index (κ2) is 8.37. The van der Waals surface area contributed by atoms with E-state index in [0.29, 0.717) is 33.6 Å². The molecule has 0 saturated carbocycles. The quantitative estimate of drug-likeness (QED) is 0.591. The molecule has 0 bridgehead atoms. The van der Waals surface area contributed by atoms with Crippen molar-refractivity contribution in [1.29, 1.82) is 0 Å². The minimum absolute atomic E-state index is 0.172. The number of nitrogens with one attached hydrogen (secondary N) is 2. The summed E-state index contributed by atoms with van der Waals surface area (Å²) in [5.41, 5.74) is 2.60. The Hall–Kier alpha value is -2.64. The normalized spacial score (nSPS) is 10.6. The summed E-state index contributed by atoms with van der Waals surface area (Å²) in [6.45, 7) is 2.41. The van der Waals surface area contributed by atoms with Crippen LogP contribution in [-0.2, 0) is 11.3 Å². The molecule has 0 radical (unpaired) electrons. The van der Waals surface area contributed by atoms with Gasteiger partial charge in [-0.2, -0.15) is 5.10 Å². The molecular weight excluding hydrogens is 384 g/mol. The highest BCUT2D eigenvalue weighted by Gasteiger charge is 2.12. The summed E-state index contributed by atoms with van der Waals surface area (Å²) in [5, 5.41) is 10.5. The summed E-state index contributed by atoms with van der Waals surface area (Å²) in [7, 11) is 1.54. The van der Waals surface area contributed by atoms with Crippen LogP contribution in [0, 0.1) is 11.7 Å². The number of methoxy groups -OCH3 is 1. The lowest BCUT2D eigenvalue weighted by molar-refractivity contribution is -0.116. The number of aryl methyl sites for hydroxylation is 1. The number of H-pyrrole nitrogens is 1. The summed E-state index contributed by atoms with van der Waals surface area (Å²) < 4.78 is 7.54. The fraction of sp³-hybridized carbons (Fsp3) is 0.211. The number of hydrogen-bond acceptors (Lipinski definition) is 4. The van der Waals surface area contributed by atoms with Crippen molar-refractivity contribution in [2.45, 2.75) is 19.9 Å². The molecule has 0 aliphatic carbocycles. The molecule has 0 aliphatic heterocycles. The second-order valence-corrected chi connectivity index (χ2v) is 6.84. The first-order valence-corrected chi connectivity index (χ1v) is 9.12. The Kier molecular flexibility index (Phi) is 5.93. The van der Waals surface area contributed by atoms with Crippen LogP contribution in [0.1, 0.15) is 12.0 Å². The largest absolute Gasteiger partial charge is 0.495 e. The predicted molar refractivity (Wildman–Crippen MR) is 109 cm³/mol. The van der Waals surface area contributed by atoms with Gasteiger partial charge in [-0.1, -0.05) is 35.4 Å². The monoisotopic (exact) mass is 402 g/mol. The number of amides is 1. The van der Waals surface area contributed by atoms with Gasteiger partial charge in [-0.25, -0.2) is 0 Å². The molecule has 2 aromatic carbocycles. The van der Waals surface area contributed by atoms with Crippen LogP contribution in [0.2, 0.25) is 5.02 Å². The lowest BCUT2D eigenvalue weighted by Gasteiger charge is -2.11. The van der Waals surface area contributed by atoms with Crippen molar-refractivity contribution in [1.82, 2.24) is 14.8 Å². The maximum absolute atomic E-state index is 12.4. The van der Waals surface area contributed by atoms with Gasteiger partial charge >= 0.3 is 0 Å². The van der Waals surface area contributed by atoms with Crippen LogP contribution in [0.15, 0.2) is 42.5 Å². The smallest absolute Gasteiger partial charge is 0.226 e. The summed E-state index contributed by atoms with van der Waals surface area (Å²) in [6, 6.07) is 13.0. The third-order valence-electron chi connectivity index (χ3n) is 4.03. The molecule has 3 rings (SSSR count). The van der Waals surface area contributed by atoms with E-state index in [2.05, 4.69) is 15.5 Å². The van der Waals surface area contributed by atoms with Crippen molar-refractivity contribution in [3.8, 4) is 17.1 Å². The SMILES string of the molecule is COc1ccc(Cl)cc1NC(=O)CCn1c(-c2cccc(C)c2)n[nH]c1=S. The molecule has 2 N–H and O–H groups in total. The average molecular weight is 403 g/mol. The van der Waals surface area contributed by atoms with E-state index < -0.39 is 0 Å². The molecule has 1 aromatic heterocycles. The Morgan fingerprint density at radius 1 is 1.33 bits per heavy atom. The minimum Gasteiger partial charge on any atom is -0.495 e. The molecule has 27 heavy (non-hydrogen) atoms. The molecular formula is C19H19ClN4O2S. The molecule has 140 valence electrons. The maximum atomic E-state index is 12.4. The lowest BCUT2D eigenvalue weighted by atomic mass is 10.1. The first kappa shape index (κ1) is 19.1. The zero-order valence-corrected chi connectivity index (χ0v) is 16.5. The van der Waals surface area contributed by atoms with Gasteiger partial charge in [0, 0.05) is 23.6 Å². The number of halogens is 1. The van der Waals surface area contributed by atoms with Crippen molar-refractivity contribution in [2.24, 2.45) is 0 Å². The van der Waals surface area contributed by atoms with E-state index in [1.165, 1.54) is 7.11 Å². The fourth-order valence-electron chi connectivity index (χ4n) is 2.73. The molecule has 0 saturated heterocycles. The van der Waals surface area contributed by atoms with Gasteiger partial charge in [0.15, 0.2) is 10.6 Å². The van der Waals surface area contributed by atoms with Gasteiger partial charge in [-0.3, -0.25) is 14.5 Å². The van der Waals surface area contributed by atoms with Crippen molar-refractivity contribution < 1.29 is 9.53 Å². The highest BCUT2D eigenvalue weighted by Crippen LogP contribution is 2.28. The number of hydrogen-bond donors (Lipinski definition) is 2. The van der Waals surface area contributed by atoms with Gasteiger partial charge < -0.3 is 10.1 Å². The highest BCUT2D eigenvalue weighted by atomic mass is 35.5. The van der Waals surface area contributed by atoms with E-state index in [9.17, 15) is 4.79 Å². The zero-order chi connectivity index (χ0) is 19.4. The van der Waals surface area contributed by atoms with Crippen LogP contribution in [0.5, 0.6) is 5.75 Å². The Bertz CT molecular complexity index is 1030. The Morgan fingerprint density at radius 2 is 2.15 bits per heavy atom. The van der Waals surface area contributed by atoms with Crippen molar-refractivity contribution in [3.05, 3.63) is 57.8 Å². The Morgan fingerprint density at radius 3 is 2.89 bits per heavy atom. The number of benzene rings is 2. The molecule has 1 amide bonds. The first-order valence-electron chi connectivity index (χ1n) is 8.33. The number of aromatic nitrogens is 3. The zero-order valence-electron chi connectivity index (χ0n) is 15.0. The van der Waals surface area contributed by atoms with E-state index in [4.69, 9.17) is 28.6 Å². The summed E-state index contributed by atoms with van der Waals surface area (Å²) in [6.07, 6.45) is 0.225. The molecule has 0 unspecified atom stereocenters. The molecule has 0 aliphatic rings. The lowest BCUT2D eigenvalue weighted by Crippen LogP contribution is -2.15. The molecule has 0 spiro atoms. The van der Waals surface area contributed by atoms with Crippen molar-refractivity contribution in [3.63, 3.8) is 0 Å². The number of nitrogens with zero attached hydrogens (tertiary/aromatic N) is 2. The van der Waals surface area contributed by atoms with Gasteiger partial charge in [0.05, 0.1) is 12.8 Å². The number of carbonyl (C=O) groups excluding carboxylic acids is 1. The van der Waals surface area contributed by atoms with Crippen LogP contribution >= 0.6 is 23.8 Å². The summed E-state index contributed by atoms with van der Waals surface area (Å²) in [5.74, 6) is 1.08. The van der Waals surface area contributed by atoms with Crippen LogP contribution in [0.25, 0.3) is 11.4 Å². The van der Waals surface area contributed by atoms with Crippen LogP contribution < -0.4 is 10.1 Å². The van der Waals surface area contributed by atoms with Gasteiger partial charge in [-0.05, 0) is 43.4 Å². The van der Waals surface area contributed by atoms with Gasteiger partial charge in [0.2, 0.25) is 5.91 Å². The van der Waals surface area contributed by atoms with E-state index in [1.54, 1.807) is 18.2 Å². The van der Waals surface area contributed by atoms with Gasteiger partial charge in [0.25, 0.3) is 0 Å². The van der Waals surface area contributed by atoms with Crippen LogP contribution in [0.3, 0.4) is 0 Å². The maximum Gasteiger partial charge on any atom is 0.226 e. The molecule has 8 heteroatoms. The Labute approximate surface area is 167 Å². The molecule has 1 heterocycles. The average Bonchev–Trinajstić information content (AvgIpc) is 3.01. The molecule has 0 atom stereocenters. The topological polar surface area (TPSA) is 71.9 Å². The van der Waals surface area contributed by atoms with Crippen molar-refractivity contribution >= 4 is 35.4 Å². The number of rotatable bonds is 6. The predicted octanol–water partition coefficient (Wildman–Crippen LogP) is 4.61. The third-order valence-corrected chi connectivity index (χ3v) is 4.58. The van der Waals surface area contributed by atoms with E-state index in [-0.39, 0.29) is 12.3 Å². The molecule has 3 aromatic rings. The Balaban J connectivity index is 1.74. The first-order chi connectivity index (χ1) is 13.0. The number of ether oxygens (including phenoxy) is 1. The second-order valence-electron chi connectivity index (χ2n) is 6.02. The van der Waals surface area contributed by atoms with Gasteiger partial charge in [0.1, 0.15) is 5.75 Å². The van der Waals surface area contributed by atoms with E-state index >= 15 is 0 Å². The number of anilines is 1. The summed E-state index contributed by atoms with van der Waals surface area (Å²) in [4.78, 5) is 12.4. The fourth-order valence-corrected chi connectivity index (χ4v) is 3.13. The third kappa shape index (κ3) is 4.56. The molecule has 6 nitrogen and oxygen atoms in total. The molecule has 0 fully saturated rings. The van der Waals surface area contributed by atoms with E-state index in [0.717, 1.165) is 11.1 Å². The number of carbonyl (C=O) groups is 1. The standard InChI is InChI=1S/C19H19ClN4O2S/c1-12-4-3-5-13(10-12)18-22-23-19(27)24(18)9-8-17(25)21-15-11-14(20)6-7-16(15)26-2/h3-7,10-11H,8-9H2,1-2H3,(H,21,25)(H,23,27). The van der Waals surface area contributed by atoms with Crippen LogP contribution in [0.4, 0.5) is 5.69 Å². The minimum atomic E-state index is -0.172.